The number of sulfonamides is 1. The molecule has 0 spiro atoms. The van der Waals surface area contributed by atoms with Gasteiger partial charge in [0.2, 0.25) is 21.8 Å². The van der Waals surface area contributed by atoms with E-state index in [0.29, 0.717) is 24.3 Å². The average Bonchev–Trinajstić information content (AvgIpc) is 3.01. The third kappa shape index (κ3) is 10.1. The van der Waals surface area contributed by atoms with Gasteiger partial charge in [0, 0.05) is 32.0 Å². The molecule has 1 aliphatic rings. The second-order valence-corrected chi connectivity index (χ2v) is 14.1. The molecule has 3 aromatic carbocycles. The van der Waals surface area contributed by atoms with E-state index in [1.54, 1.807) is 12.0 Å². The maximum Gasteiger partial charge on any atom is 0.243 e. The van der Waals surface area contributed by atoms with Gasteiger partial charge < -0.3 is 15.0 Å². The summed E-state index contributed by atoms with van der Waals surface area (Å²) in [6.07, 6.45) is 7.16. The first-order valence-electron chi connectivity index (χ1n) is 15.9. The Balaban J connectivity index is 1.61. The van der Waals surface area contributed by atoms with Crippen LogP contribution in [0.2, 0.25) is 0 Å². The van der Waals surface area contributed by atoms with Gasteiger partial charge >= 0.3 is 0 Å². The Labute approximate surface area is 268 Å². The van der Waals surface area contributed by atoms with Crippen LogP contribution in [0.4, 0.5) is 5.69 Å². The number of nitrogens with zero attached hydrogens (tertiary/aromatic N) is 2. The van der Waals surface area contributed by atoms with Crippen LogP contribution < -0.4 is 14.4 Å². The van der Waals surface area contributed by atoms with Gasteiger partial charge in [0.05, 0.1) is 19.1 Å². The molecule has 2 amide bonds. The summed E-state index contributed by atoms with van der Waals surface area (Å²) in [5, 5.41) is 3.26. The highest BCUT2D eigenvalue weighted by atomic mass is 32.2. The first-order valence-corrected chi connectivity index (χ1v) is 17.7. The molecule has 9 heteroatoms. The van der Waals surface area contributed by atoms with Crippen LogP contribution in [-0.2, 0) is 32.6 Å². The Hall–Kier alpha value is -3.85. The van der Waals surface area contributed by atoms with Crippen LogP contribution in [-0.4, -0.2) is 57.1 Å². The second kappa shape index (κ2) is 15.9. The monoisotopic (exact) mass is 633 g/mol. The summed E-state index contributed by atoms with van der Waals surface area (Å²) in [5.74, 6) is 0.310. The summed E-state index contributed by atoms with van der Waals surface area (Å²) in [6.45, 7) is 4.24. The highest BCUT2D eigenvalue weighted by Gasteiger charge is 2.32. The number of aryl methyl sites for hydroxylation is 2. The highest BCUT2D eigenvalue weighted by molar-refractivity contribution is 7.92. The van der Waals surface area contributed by atoms with Crippen LogP contribution in [0.1, 0.15) is 67.2 Å². The first kappa shape index (κ1) is 34.0. The Kier molecular flexibility index (Phi) is 12.0. The minimum absolute atomic E-state index is 0.0861. The fourth-order valence-electron chi connectivity index (χ4n) is 6.16. The lowest BCUT2D eigenvalue weighted by Gasteiger charge is -2.34. The molecule has 0 heterocycles. The Morgan fingerprint density at radius 2 is 1.58 bits per heavy atom. The van der Waals surface area contributed by atoms with Gasteiger partial charge in [0.1, 0.15) is 11.8 Å². The number of carbonyl (C=O) groups excluding carboxylic acids is 2. The number of hydrogen-bond acceptors (Lipinski definition) is 5. The maximum atomic E-state index is 14.2. The Bertz CT molecular complexity index is 1520. The molecular weight excluding hydrogens is 586 g/mol. The van der Waals surface area contributed by atoms with Crippen LogP contribution in [0.5, 0.6) is 5.75 Å². The van der Waals surface area contributed by atoms with Gasteiger partial charge in [-0.25, -0.2) is 8.42 Å². The lowest BCUT2D eigenvalue weighted by atomic mass is 9.94. The topological polar surface area (TPSA) is 96.0 Å². The van der Waals surface area contributed by atoms with Gasteiger partial charge in [-0.15, -0.1) is 0 Å². The van der Waals surface area contributed by atoms with Crippen molar-refractivity contribution in [2.45, 2.75) is 83.8 Å². The predicted molar refractivity (Wildman–Crippen MR) is 180 cm³/mol. The SMILES string of the molecule is COc1cccc(CN(C(=O)CCCN(c2cc(C)cc(C)c2)S(C)(=O)=O)[C@@H](Cc2ccccc2)C(=O)NC2CCCCC2)c1. The highest BCUT2D eigenvalue weighted by Crippen LogP contribution is 2.24. The fourth-order valence-corrected chi connectivity index (χ4v) is 7.11. The van der Waals surface area contributed by atoms with Gasteiger partial charge in [-0.1, -0.05) is 67.8 Å². The third-order valence-electron chi connectivity index (χ3n) is 8.36. The van der Waals surface area contributed by atoms with E-state index in [-0.39, 0.29) is 37.4 Å². The normalized spacial score (nSPS) is 14.4. The molecule has 1 saturated carbocycles. The smallest absolute Gasteiger partial charge is 0.243 e. The molecule has 8 nitrogen and oxygen atoms in total. The zero-order valence-electron chi connectivity index (χ0n) is 27.0. The second-order valence-electron chi connectivity index (χ2n) is 12.2. The Morgan fingerprint density at radius 1 is 0.911 bits per heavy atom. The average molecular weight is 634 g/mol. The number of rotatable bonds is 14. The minimum atomic E-state index is -3.58. The van der Waals surface area contributed by atoms with Crippen LogP contribution in [0, 0.1) is 13.8 Å². The molecule has 4 rings (SSSR count). The van der Waals surface area contributed by atoms with Gasteiger partial charge in [-0.05, 0) is 79.6 Å². The van der Waals surface area contributed by atoms with Gasteiger partial charge in [-0.2, -0.15) is 0 Å². The van der Waals surface area contributed by atoms with E-state index < -0.39 is 16.1 Å². The van der Waals surface area contributed by atoms with Crippen molar-refractivity contribution in [3.8, 4) is 5.75 Å². The summed E-state index contributed by atoms with van der Waals surface area (Å²) in [5.41, 5.74) is 4.32. The molecule has 242 valence electrons. The molecule has 3 aromatic rings. The molecular formula is C36H47N3O5S. The maximum absolute atomic E-state index is 14.2. The van der Waals surface area contributed by atoms with Crippen LogP contribution in [0.3, 0.4) is 0 Å². The van der Waals surface area contributed by atoms with E-state index in [2.05, 4.69) is 5.32 Å². The van der Waals surface area contributed by atoms with Crippen molar-refractivity contribution in [3.05, 3.63) is 95.1 Å². The molecule has 0 aliphatic heterocycles. The van der Waals surface area contributed by atoms with Crippen molar-refractivity contribution in [2.24, 2.45) is 0 Å². The zero-order valence-corrected chi connectivity index (χ0v) is 27.8. The summed E-state index contributed by atoms with van der Waals surface area (Å²) in [4.78, 5) is 29.8. The molecule has 1 N–H and O–H groups in total. The number of ether oxygens (including phenoxy) is 1. The fraction of sp³-hybridized carbons (Fsp3) is 0.444. The summed E-state index contributed by atoms with van der Waals surface area (Å²) < 4.78 is 32.4. The lowest BCUT2D eigenvalue weighted by Crippen LogP contribution is -2.52. The van der Waals surface area contributed by atoms with E-state index in [4.69, 9.17) is 4.74 Å². The predicted octanol–water partition coefficient (Wildman–Crippen LogP) is 5.95. The lowest BCUT2D eigenvalue weighted by molar-refractivity contribution is -0.141. The molecule has 1 aliphatic carbocycles. The van der Waals surface area contributed by atoms with Crippen molar-refractivity contribution in [3.63, 3.8) is 0 Å². The number of anilines is 1. The number of hydrogen-bond donors (Lipinski definition) is 1. The van der Waals surface area contributed by atoms with Gasteiger partial charge in [-0.3, -0.25) is 13.9 Å². The molecule has 0 aromatic heterocycles. The van der Waals surface area contributed by atoms with E-state index in [1.165, 1.54) is 17.0 Å². The van der Waals surface area contributed by atoms with E-state index in [9.17, 15) is 18.0 Å². The van der Waals surface area contributed by atoms with Crippen molar-refractivity contribution in [1.29, 1.82) is 0 Å². The first-order chi connectivity index (χ1) is 21.5. The van der Waals surface area contributed by atoms with E-state index in [1.807, 2.05) is 86.6 Å². The zero-order chi connectivity index (χ0) is 32.4. The minimum Gasteiger partial charge on any atom is -0.497 e. The molecule has 0 saturated heterocycles. The molecule has 0 radical (unpaired) electrons. The summed E-state index contributed by atoms with van der Waals surface area (Å²) in [6, 6.07) is 22.3. The summed E-state index contributed by atoms with van der Waals surface area (Å²) in [7, 11) is -1.98. The van der Waals surface area contributed by atoms with E-state index in [0.717, 1.165) is 47.9 Å². The quantitative estimate of drug-likeness (QED) is 0.237. The number of amides is 2. The van der Waals surface area contributed by atoms with Crippen LogP contribution >= 0.6 is 0 Å². The number of methoxy groups -OCH3 is 1. The summed E-state index contributed by atoms with van der Waals surface area (Å²) >= 11 is 0. The molecule has 0 bridgehead atoms. The molecule has 0 unspecified atom stereocenters. The number of nitrogens with one attached hydrogen (secondary N) is 1. The molecule has 1 fully saturated rings. The van der Waals surface area contributed by atoms with Crippen molar-refractivity contribution in [1.82, 2.24) is 10.2 Å². The van der Waals surface area contributed by atoms with Crippen molar-refractivity contribution in [2.75, 3.05) is 24.2 Å². The van der Waals surface area contributed by atoms with Crippen LogP contribution in [0.15, 0.2) is 72.8 Å². The standard InChI is InChI=1S/C36H47N3O5S/c1-27-21-28(2)23-32(22-27)39(45(4,42)43)20-12-19-35(40)38(26-30-15-11-18-33(24-30)44-3)34(25-29-13-7-5-8-14-29)36(41)37-31-16-9-6-10-17-31/h5,7-8,11,13-15,18,21-24,31,34H,6,9-10,12,16-17,19-20,25-26H2,1-4H3,(H,37,41)/t34-/m0/s1. The molecule has 1 atom stereocenters. The van der Waals surface area contributed by atoms with Crippen molar-refractivity contribution >= 4 is 27.5 Å². The molecule has 45 heavy (non-hydrogen) atoms. The number of benzene rings is 3. The van der Waals surface area contributed by atoms with Crippen LogP contribution in [0.25, 0.3) is 0 Å². The third-order valence-corrected chi connectivity index (χ3v) is 9.55. The van der Waals surface area contributed by atoms with Gasteiger partial charge in [0.15, 0.2) is 0 Å². The largest absolute Gasteiger partial charge is 0.497 e. The number of carbonyl (C=O) groups is 2. The van der Waals surface area contributed by atoms with E-state index >= 15 is 0 Å². The van der Waals surface area contributed by atoms with Crippen molar-refractivity contribution < 1.29 is 22.7 Å². The Morgan fingerprint density at radius 3 is 2.22 bits per heavy atom. The van der Waals surface area contributed by atoms with Gasteiger partial charge in [0.25, 0.3) is 0 Å².